The molecule has 1 N–H and O–H groups in total. The van der Waals surface area contributed by atoms with Crippen LogP contribution in [0.4, 0.5) is 8.78 Å². The summed E-state index contributed by atoms with van der Waals surface area (Å²) in [6.45, 7) is 2.34. The highest BCUT2D eigenvalue weighted by Gasteiger charge is 2.13. The normalized spacial score (nSPS) is 12.6. The Morgan fingerprint density at radius 3 is 2.82 bits per heavy atom. The van der Waals surface area contributed by atoms with E-state index in [1.165, 1.54) is 6.07 Å². The molecule has 0 radical (unpaired) electrons. The average Bonchev–Trinajstić information content (AvgIpc) is 2.82. The molecule has 0 saturated carbocycles. The Kier molecular flexibility index (Phi) is 3.54. The summed E-state index contributed by atoms with van der Waals surface area (Å²) in [5, 5.41) is 3.10. The Hall–Kier alpha value is -1.68. The summed E-state index contributed by atoms with van der Waals surface area (Å²) in [5.74, 6) is -1.61. The van der Waals surface area contributed by atoms with E-state index in [1.807, 2.05) is 6.07 Å². The monoisotopic (exact) mass is 237 g/mol. The SMILES string of the molecule is CC(NCc1ccoc1)c1cccc(F)c1F. The first-order valence-corrected chi connectivity index (χ1v) is 5.37. The van der Waals surface area contributed by atoms with Crippen molar-refractivity contribution in [2.24, 2.45) is 0 Å². The fraction of sp³-hybridized carbons (Fsp3) is 0.231. The van der Waals surface area contributed by atoms with Crippen molar-refractivity contribution in [3.8, 4) is 0 Å². The second-order valence-corrected chi connectivity index (χ2v) is 3.88. The van der Waals surface area contributed by atoms with E-state index < -0.39 is 11.6 Å². The lowest BCUT2D eigenvalue weighted by Crippen LogP contribution is -2.19. The highest BCUT2D eigenvalue weighted by atomic mass is 19.2. The van der Waals surface area contributed by atoms with Crippen LogP contribution in [0.5, 0.6) is 0 Å². The van der Waals surface area contributed by atoms with Gasteiger partial charge in [0.05, 0.1) is 12.5 Å². The first-order valence-electron chi connectivity index (χ1n) is 5.37. The summed E-state index contributed by atoms with van der Waals surface area (Å²) in [5.41, 5.74) is 1.29. The van der Waals surface area contributed by atoms with Gasteiger partial charge in [-0.15, -0.1) is 0 Å². The van der Waals surface area contributed by atoms with Crippen molar-refractivity contribution in [1.29, 1.82) is 0 Å². The summed E-state index contributed by atoms with van der Waals surface area (Å²) in [4.78, 5) is 0. The van der Waals surface area contributed by atoms with Crippen LogP contribution in [0.25, 0.3) is 0 Å². The van der Waals surface area contributed by atoms with Crippen LogP contribution >= 0.6 is 0 Å². The predicted octanol–water partition coefficient (Wildman–Crippen LogP) is 3.41. The zero-order valence-electron chi connectivity index (χ0n) is 9.41. The molecule has 0 bridgehead atoms. The lowest BCUT2D eigenvalue weighted by Gasteiger charge is -2.14. The Morgan fingerprint density at radius 1 is 1.29 bits per heavy atom. The molecule has 0 aliphatic carbocycles. The molecule has 0 saturated heterocycles. The molecule has 0 fully saturated rings. The number of nitrogens with one attached hydrogen (secondary N) is 1. The summed E-state index contributed by atoms with van der Waals surface area (Å²) < 4.78 is 31.4. The molecule has 0 aliphatic rings. The van der Waals surface area contributed by atoms with Crippen molar-refractivity contribution in [1.82, 2.24) is 5.32 Å². The molecule has 0 aliphatic heterocycles. The highest BCUT2D eigenvalue weighted by molar-refractivity contribution is 5.22. The topological polar surface area (TPSA) is 25.2 Å². The van der Waals surface area contributed by atoms with E-state index in [0.717, 1.165) is 11.6 Å². The standard InChI is InChI=1S/C13H13F2NO/c1-9(16-7-10-5-6-17-8-10)11-3-2-4-12(14)13(11)15/h2-6,8-9,16H,7H2,1H3. The zero-order chi connectivity index (χ0) is 12.3. The van der Waals surface area contributed by atoms with E-state index in [1.54, 1.807) is 25.5 Å². The summed E-state index contributed by atoms with van der Waals surface area (Å²) in [6.07, 6.45) is 3.19. The molecule has 0 amide bonds. The van der Waals surface area contributed by atoms with Crippen molar-refractivity contribution >= 4 is 0 Å². The smallest absolute Gasteiger partial charge is 0.163 e. The summed E-state index contributed by atoms with van der Waals surface area (Å²) in [7, 11) is 0. The molecule has 90 valence electrons. The van der Waals surface area contributed by atoms with Crippen LogP contribution in [-0.4, -0.2) is 0 Å². The molecule has 2 nitrogen and oxygen atoms in total. The van der Waals surface area contributed by atoms with E-state index in [0.29, 0.717) is 12.1 Å². The Labute approximate surface area is 98.3 Å². The van der Waals surface area contributed by atoms with E-state index in [2.05, 4.69) is 5.32 Å². The van der Waals surface area contributed by atoms with Gasteiger partial charge in [-0.1, -0.05) is 12.1 Å². The highest BCUT2D eigenvalue weighted by Crippen LogP contribution is 2.19. The van der Waals surface area contributed by atoms with Gasteiger partial charge in [-0.3, -0.25) is 0 Å². The number of furan rings is 1. The van der Waals surface area contributed by atoms with E-state index >= 15 is 0 Å². The zero-order valence-corrected chi connectivity index (χ0v) is 9.41. The third kappa shape index (κ3) is 2.71. The van der Waals surface area contributed by atoms with Crippen LogP contribution in [0, 0.1) is 11.6 Å². The van der Waals surface area contributed by atoms with Gasteiger partial charge in [0, 0.05) is 23.7 Å². The summed E-state index contributed by atoms with van der Waals surface area (Å²) in [6, 6.07) is 5.75. The van der Waals surface area contributed by atoms with Crippen LogP contribution < -0.4 is 5.32 Å². The Morgan fingerprint density at radius 2 is 2.12 bits per heavy atom. The van der Waals surface area contributed by atoms with Crippen molar-refractivity contribution < 1.29 is 13.2 Å². The molecule has 1 heterocycles. The van der Waals surface area contributed by atoms with Crippen molar-refractivity contribution in [3.63, 3.8) is 0 Å². The van der Waals surface area contributed by atoms with Crippen LogP contribution in [0.1, 0.15) is 24.1 Å². The second-order valence-electron chi connectivity index (χ2n) is 3.88. The Balaban J connectivity index is 2.04. The van der Waals surface area contributed by atoms with E-state index in [-0.39, 0.29) is 6.04 Å². The minimum Gasteiger partial charge on any atom is -0.472 e. The van der Waals surface area contributed by atoms with Crippen molar-refractivity contribution in [2.45, 2.75) is 19.5 Å². The molecule has 2 rings (SSSR count). The van der Waals surface area contributed by atoms with E-state index in [4.69, 9.17) is 4.42 Å². The second kappa shape index (κ2) is 5.10. The number of benzene rings is 1. The number of hydrogen-bond donors (Lipinski definition) is 1. The van der Waals surface area contributed by atoms with Gasteiger partial charge in [0.1, 0.15) is 0 Å². The molecule has 1 unspecified atom stereocenters. The lowest BCUT2D eigenvalue weighted by molar-refractivity contribution is 0.471. The minimum absolute atomic E-state index is 0.263. The molecule has 1 atom stereocenters. The Bertz CT molecular complexity index is 482. The van der Waals surface area contributed by atoms with Crippen LogP contribution in [0.2, 0.25) is 0 Å². The van der Waals surface area contributed by atoms with Crippen LogP contribution in [0.3, 0.4) is 0 Å². The predicted molar refractivity (Wildman–Crippen MR) is 60.3 cm³/mol. The van der Waals surface area contributed by atoms with Crippen molar-refractivity contribution in [2.75, 3.05) is 0 Å². The number of hydrogen-bond acceptors (Lipinski definition) is 2. The number of halogens is 2. The van der Waals surface area contributed by atoms with Gasteiger partial charge in [0.15, 0.2) is 11.6 Å². The molecular weight excluding hydrogens is 224 g/mol. The fourth-order valence-corrected chi connectivity index (χ4v) is 1.63. The molecular formula is C13H13F2NO. The van der Waals surface area contributed by atoms with Crippen LogP contribution in [0.15, 0.2) is 41.2 Å². The molecule has 2 aromatic rings. The summed E-state index contributed by atoms with van der Waals surface area (Å²) >= 11 is 0. The maximum absolute atomic E-state index is 13.5. The van der Waals surface area contributed by atoms with E-state index in [9.17, 15) is 8.78 Å². The van der Waals surface area contributed by atoms with Gasteiger partial charge in [-0.25, -0.2) is 8.78 Å². The average molecular weight is 237 g/mol. The maximum Gasteiger partial charge on any atom is 0.163 e. The minimum atomic E-state index is -0.820. The fourth-order valence-electron chi connectivity index (χ4n) is 1.63. The van der Waals surface area contributed by atoms with Gasteiger partial charge in [0.25, 0.3) is 0 Å². The van der Waals surface area contributed by atoms with Gasteiger partial charge in [-0.2, -0.15) is 0 Å². The molecule has 1 aromatic carbocycles. The van der Waals surface area contributed by atoms with Gasteiger partial charge in [-0.05, 0) is 19.1 Å². The molecule has 0 spiro atoms. The molecule has 17 heavy (non-hydrogen) atoms. The van der Waals surface area contributed by atoms with Gasteiger partial charge in [0.2, 0.25) is 0 Å². The maximum atomic E-state index is 13.5. The third-order valence-corrected chi connectivity index (χ3v) is 2.64. The van der Waals surface area contributed by atoms with Gasteiger partial charge < -0.3 is 9.73 Å². The first kappa shape index (κ1) is 11.8. The van der Waals surface area contributed by atoms with Crippen LogP contribution in [-0.2, 0) is 6.54 Å². The largest absolute Gasteiger partial charge is 0.472 e. The molecule has 4 heteroatoms. The lowest BCUT2D eigenvalue weighted by atomic mass is 10.1. The molecule has 1 aromatic heterocycles. The van der Waals surface area contributed by atoms with Gasteiger partial charge >= 0.3 is 0 Å². The first-order chi connectivity index (χ1) is 8.18. The number of rotatable bonds is 4. The van der Waals surface area contributed by atoms with Crippen molar-refractivity contribution in [3.05, 3.63) is 59.6 Å². The third-order valence-electron chi connectivity index (χ3n) is 2.64. The quantitative estimate of drug-likeness (QED) is 0.881.